The van der Waals surface area contributed by atoms with E-state index < -0.39 is 5.97 Å². The van der Waals surface area contributed by atoms with Crippen LogP contribution in [-0.2, 0) is 6.42 Å². The van der Waals surface area contributed by atoms with Crippen molar-refractivity contribution in [3.8, 4) is 28.7 Å². The molecule has 0 aliphatic carbocycles. The molecule has 1 aromatic heterocycles. The summed E-state index contributed by atoms with van der Waals surface area (Å²) in [5.74, 6) is 0.290. The van der Waals surface area contributed by atoms with Crippen molar-refractivity contribution in [3.05, 3.63) is 53.6 Å². The van der Waals surface area contributed by atoms with Crippen molar-refractivity contribution < 1.29 is 19.1 Å². The van der Waals surface area contributed by atoms with Crippen molar-refractivity contribution >= 4 is 5.97 Å². The van der Waals surface area contributed by atoms with Gasteiger partial charge >= 0.3 is 5.97 Å². The topological polar surface area (TPSA) is 85.5 Å². The number of aromatic nitrogens is 2. The first kappa shape index (κ1) is 15.7. The molecule has 0 atom stereocenters. The lowest BCUT2D eigenvalue weighted by Gasteiger charge is -2.09. The maximum Gasteiger partial charge on any atom is 0.335 e. The number of hydrogen-bond acceptors (Lipinski definition) is 5. The van der Waals surface area contributed by atoms with Crippen LogP contribution in [-0.4, -0.2) is 28.4 Å². The second-order valence-corrected chi connectivity index (χ2v) is 5.15. The van der Waals surface area contributed by atoms with Crippen molar-refractivity contribution in [3.63, 3.8) is 0 Å². The summed E-state index contributed by atoms with van der Waals surface area (Å²) < 4.78 is 11.2. The standard InChI is InChI=1S/C18H16N2O4/c1-3-11-6-5-9-14(15(11)23-2)17-20-19-16(24-17)12-7-4-8-13(10-12)18(21)22/h4-10H,3H2,1-2H3,(H,21,22). The van der Waals surface area contributed by atoms with Crippen LogP contribution in [0.25, 0.3) is 22.9 Å². The Balaban J connectivity index is 2.03. The summed E-state index contributed by atoms with van der Waals surface area (Å²) in [6.07, 6.45) is 0.818. The number of carbonyl (C=O) groups is 1. The van der Waals surface area contributed by atoms with E-state index in [0.717, 1.165) is 12.0 Å². The SMILES string of the molecule is CCc1cccc(-c2nnc(-c3cccc(C(=O)O)c3)o2)c1OC. The second-order valence-electron chi connectivity index (χ2n) is 5.15. The third kappa shape index (κ3) is 2.86. The highest BCUT2D eigenvalue weighted by atomic mass is 16.5. The summed E-state index contributed by atoms with van der Waals surface area (Å²) in [6.45, 7) is 2.04. The van der Waals surface area contributed by atoms with Crippen LogP contribution in [0.5, 0.6) is 5.75 Å². The molecular formula is C18H16N2O4. The van der Waals surface area contributed by atoms with Gasteiger partial charge in [-0.05, 0) is 36.2 Å². The molecule has 0 amide bonds. The van der Waals surface area contributed by atoms with E-state index in [1.165, 1.54) is 12.1 Å². The lowest BCUT2D eigenvalue weighted by atomic mass is 10.1. The van der Waals surface area contributed by atoms with E-state index in [2.05, 4.69) is 10.2 Å². The molecular weight excluding hydrogens is 308 g/mol. The van der Waals surface area contributed by atoms with E-state index in [4.69, 9.17) is 14.3 Å². The first-order valence-electron chi connectivity index (χ1n) is 7.47. The molecule has 0 saturated carbocycles. The van der Waals surface area contributed by atoms with Gasteiger partial charge in [0.05, 0.1) is 18.2 Å². The van der Waals surface area contributed by atoms with Crippen LogP contribution in [0.3, 0.4) is 0 Å². The van der Waals surface area contributed by atoms with Gasteiger partial charge in [0.15, 0.2) is 0 Å². The number of ether oxygens (including phenoxy) is 1. The number of carboxylic acids is 1. The van der Waals surface area contributed by atoms with Crippen LogP contribution in [0.1, 0.15) is 22.8 Å². The van der Waals surface area contributed by atoms with E-state index >= 15 is 0 Å². The van der Waals surface area contributed by atoms with Gasteiger partial charge in [-0.2, -0.15) is 0 Å². The van der Waals surface area contributed by atoms with Crippen molar-refractivity contribution in [1.29, 1.82) is 0 Å². The lowest BCUT2D eigenvalue weighted by Crippen LogP contribution is -1.95. The predicted molar refractivity (Wildman–Crippen MR) is 88.1 cm³/mol. The normalized spacial score (nSPS) is 10.6. The van der Waals surface area contributed by atoms with Crippen LogP contribution in [0.4, 0.5) is 0 Å². The van der Waals surface area contributed by atoms with Gasteiger partial charge in [0, 0.05) is 5.56 Å². The van der Waals surface area contributed by atoms with Gasteiger partial charge in [-0.25, -0.2) is 4.79 Å². The van der Waals surface area contributed by atoms with E-state index in [1.54, 1.807) is 19.2 Å². The number of para-hydroxylation sites is 1. The number of methoxy groups -OCH3 is 1. The van der Waals surface area contributed by atoms with E-state index in [-0.39, 0.29) is 11.5 Å². The first-order chi connectivity index (χ1) is 11.6. The summed E-state index contributed by atoms with van der Waals surface area (Å²) in [6, 6.07) is 12.1. The first-order valence-corrected chi connectivity index (χ1v) is 7.47. The molecule has 0 bridgehead atoms. The van der Waals surface area contributed by atoms with Crippen molar-refractivity contribution in [2.75, 3.05) is 7.11 Å². The van der Waals surface area contributed by atoms with E-state index in [1.807, 2.05) is 25.1 Å². The number of nitrogens with zero attached hydrogens (tertiary/aromatic N) is 2. The Morgan fingerprint density at radius 1 is 1.17 bits per heavy atom. The minimum atomic E-state index is -1.01. The maximum absolute atomic E-state index is 11.1. The number of aromatic carboxylic acids is 1. The fourth-order valence-electron chi connectivity index (χ4n) is 2.51. The Morgan fingerprint density at radius 2 is 1.92 bits per heavy atom. The fraction of sp³-hybridized carbons (Fsp3) is 0.167. The Kier molecular flexibility index (Phi) is 4.29. The van der Waals surface area contributed by atoms with Crippen LogP contribution in [0, 0.1) is 0 Å². The molecule has 122 valence electrons. The number of carboxylic acid groups (broad SMARTS) is 1. The number of aryl methyl sites for hydroxylation is 1. The molecule has 3 aromatic rings. The van der Waals surface area contributed by atoms with Gasteiger partial charge in [-0.3, -0.25) is 0 Å². The third-order valence-corrected chi connectivity index (χ3v) is 3.69. The molecule has 1 heterocycles. The average molecular weight is 324 g/mol. The monoisotopic (exact) mass is 324 g/mol. The highest BCUT2D eigenvalue weighted by molar-refractivity contribution is 5.89. The molecule has 0 aliphatic heterocycles. The molecule has 0 unspecified atom stereocenters. The van der Waals surface area contributed by atoms with Crippen molar-refractivity contribution in [2.24, 2.45) is 0 Å². The van der Waals surface area contributed by atoms with Crippen LogP contribution >= 0.6 is 0 Å². The number of hydrogen-bond donors (Lipinski definition) is 1. The third-order valence-electron chi connectivity index (χ3n) is 3.69. The molecule has 0 fully saturated rings. The van der Waals surface area contributed by atoms with Gasteiger partial charge in [0.1, 0.15) is 5.75 Å². The molecule has 2 aromatic carbocycles. The molecule has 6 nitrogen and oxygen atoms in total. The number of benzene rings is 2. The minimum Gasteiger partial charge on any atom is -0.496 e. The molecule has 3 rings (SSSR count). The Hall–Kier alpha value is -3.15. The minimum absolute atomic E-state index is 0.165. The second kappa shape index (κ2) is 6.54. The Morgan fingerprint density at radius 3 is 2.62 bits per heavy atom. The van der Waals surface area contributed by atoms with Gasteiger partial charge in [-0.15, -0.1) is 10.2 Å². The Bertz CT molecular complexity index is 886. The van der Waals surface area contributed by atoms with Gasteiger partial charge in [0.2, 0.25) is 5.89 Å². The maximum atomic E-state index is 11.1. The van der Waals surface area contributed by atoms with Crippen molar-refractivity contribution in [2.45, 2.75) is 13.3 Å². The zero-order chi connectivity index (χ0) is 17.1. The molecule has 6 heteroatoms. The van der Waals surface area contributed by atoms with E-state index in [9.17, 15) is 4.79 Å². The quantitative estimate of drug-likeness (QED) is 0.770. The summed E-state index contributed by atoms with van der Waals surface area (Å²) in [5.41, 5.74) is 2.48. The van der Waals surface area contributed by atoms with Crippen LogP contribution in [0.2, 0.25) is 0 Å². The summed E-state index contributed by atoms with van der Waals surface area (Å²) in [5, 5.41) is 17.2. The smallest absolute Gasteiger partial charge is 0.335 e. The lowest BCUT2D eigenvalue weighted by molar-refractivity contribution is 0.0697. The van der Waals surface area contributed by atoms with Gasteiger partial charge < -0.3 is 14.3 Å². The fourth-order valence-corrected chi connectivity index (χ4v) is 2.51. The Labute approximate surface area is 138 Å². The molecule has 0 spiro atoms. The summed E-state index contributed by atoms with van der Waals surface area (Å²) in [7, 11) is 1.60. The van der Waals surface area contributed by atoms with E-state index in [0.29, 0.717) is 22.8 Å². The molecule has 0 radical (unpaired) electrons. The van der Waals surface area contributed by atoms with Gasteiger partial charge in [-0.1, -0.05) is 25.1 Å². The highest BCUT2D eigenvalue weighted by Crippen LogP contribution is 2.34. The van der Waals surface area contributed by atoms with Gasteiger partial charge in [0.25, 0.3) is 5.89 Å². The highest BCUT2D eigenvalue weighted by Gasteiger charge is 2.17. The molecule has 24 heavy (non-hydrogen) atoms. The summed E-state index contributed by atoms with van der Waals surface area (Å²) in [4.78, 5) is 11.1. The van der Waals surface area contributed by atoms with Crippen LogP contribution in [0.15, 0.2) is 46.9 Å². The predicted octanol–water partition coefficient (Wildman–Crippen LogP) is 3.67. The molecule has 0 saturated heterocycles. The molecule has 1 N–H and O–H groups in total. The summed E-state index contributed by atoms with van der Waals surface area (Å²) >= 11 is 0. The number of rotatable bonds is 5. The average Bonchev–Trinajstić information content (AvgIpc) is 3.11. The molecule has 0 aliphatic rings. The zero-order valence-corrected chi connectivity index (χ0v) is 13.3. The largest absolute Gasteiger partial charge is 0.496 e. The van der Waals surface area contributed by atoms with Crippen LogP contribution < -0.4 is 4.74 Å². The van der Waals surface area contributed by atoms with Crippen molar-refractivity contribution in [1.82, 2.24) is 10.2 Å². The zero-order valence-electron chi connectivity index (χ0n) is 13.3.